The molecule has 1 aromatic carbocycles. The molecule has 0 saturated heterocycles. The molecule has 2 aliphatic carbocycles. The molecular weight excluding hydrogens is 299 g/mol. The Bertz CT molecular complexity index is 492. The van der Waals surface area contributed by atoms with Crippen molar-refractivity contribution in [3.8, 4) is 0 Å². The van der Waals surface area contributed by atoms with Crippen molar-refractivity contribution in [2.24, 2.45) is 17.6 Å². The van der Waals surface area contributed by atoms with Crippen LogP contribution < -0.4 is 5.73 Å². The number of halogens is 3. The van der Waals surface area contributed by atoms with E-state index in [2.05, 4.69) is 0 Å². The van der Waals surface area contributed by atoms with Gasteiger partial charge in [0.05, 0.1) is 5.56 Å². The van der Waals surface area contributed by atoms with E-state index < -0.39 is 11.7 Å². The van der Waals surface area contributed by atoms with E-state index in [-0.39, 0.29) is 0 Å². The molecule has 0 bridgehead atoms. The van der Waals surface area contributed by atoms with Crippen molar-refractivity contribution >= 4 is 0 Å². The zero-order chi connectivity index (χ0) is 16.4. The summed E-state index contributed by atoms with van der Waals surface area (Å²) < 4.78 is 37.9. The van der Waals surface area contributed by atoms with Gasteiger partial charge in [0, 0.05) is 6.04 Å². The van der Waals surface area contributed by atoms with Crippen LogP contribution in [-0.2, 0) is 6.18 Å². The van der Waals surface area contributed by atoms with Gasteiger partial charge in [-0.25, -0.2) is 0 Å². The van der Waals surface area contributed by atoms with Crippen LogP contribution in [0.5, 0.6) is 0 Å². The van der Waals surface area contributed by atoms with Gasteiger partial charge in [0.1, 0.15) is 0 Å². The first-order chi connectivity index (χ1) is 10.9. The Hall–Kier alpha value is -1.03. The molecule has 2 fully saturated rings. The van der Waals surface area contributed by atoms with E-state index in [1.807, 2.05) is 0 Å². The third-order valence-corrected chi connectivity index (χ3v) is 5.96. The van der Waals surface area contributed by atoms with Crippen LogP contribution in [0.3, 0.4) is 0 Å². The van der Waals surface area contributed by atoms with E-state index in [1.165, 1.54) is 37.8 Å². The Morgan fingerprint density at radius 1 is 0.739 bits per heavy atom. The number of hydrogen-bond acceptors (Lipinski definition) is 1. The predicted octanol–water partition coefficient (Wildman–Crippen LogP) is 5.50. The normalized spacial score (nSPS) is 32.7. The number of benzene rings is 1. The van der Waals surface area contributed by atoms with Gasteiger partial charge >= 0.3 is 6.18 Å². The average Bonchev–Trinajstić information content (AvgIpc) is 2.55. The minimum absolute atomic E-state index is 0.398. The third-order valence-electron chi connectivity index (χ3n) is 5.96. The molecule has 0 radical (unpaired) electrons. The van der Waals surface area contributed by atoms with Gasteiger partial charge in [-0.3, -0.25) is 0 Å². The zero-order valence-electron chi connectivity index (χ0n) is 13.5. The lowest BCUT2D eigenvalue weighted by Gasteiger charge is -2.37. The lowest BCUT2D eigenvalue weighted by Crippen LogP contribution is -2.31. The first-order valence-electron chi connectivity index (χ1n) is 8.86. The predicted molar refractivity (Wildman–Crippen MR) is 86.1 cm³/mol. The van der Waals surface area contributed by atoms with E-state index in [4.69, 9.17) is 5.73 Å². The molecule has 0 aliphatic heterocycles. The highest BCUT2D eigenvalue weighted by Crippen LogP contribution is 2.43. The quantitative estimate of drug-likeness (QED) is 0.763. The minimum atomic E-state index is -4.24. The molecule has 2 aliphatic rings. The molecule has 0 atom stereocenters. The van der Waals surface area contributed by atoms with Gasteiger partial charge in [-0.1, -0.05) is 12.1 Å². The average molecular weight is 325 g/mol. The van der Waals surface area contributed by atoms with E-state index in [0.29, 0.717) is 12.0 Å². The highest BCUT2D eigenvalue weighted by atomic mass is 19.4. The third kappa shape index (κ3) is 4.09. The van der Waals surface area contributed by atoms with Crippen LogP contribution in [0, 0.1) is 11.8 Å². The summed E-state index contributed by atoms with van der Waals surface area (Å²) in [7, 11) is 0. The van der Waals surface area contributed by atoms with Crippen molar-refractivity contribution in [2.75, 3.05) is 0 Å². The fraction of sp³-hybridized carbons (Fsp3) is 0.684. The summed E-state index contributed by atoms with van der Waals surface area (Å²) in [6.07, 6.45) is 5.24. The highest BCUT2D eigenvalue weighted by Gasteiger charge is 2.32. The molecule has 0 spiro atoms. The summed E-state index contributed by atoms with van der Waals surface area (Å²) in [5.74, 6) is 2.05. The summed E-state index contributed by atoms with van der Waals surface area (Å²) in [6, 6.07) is 6.20. The highest BCUT2D eigenvalue weighted by molar-refractivity contribution is 5.27. The van der Waals surface area contributed by atoms with Crippen LogP contribution in [0.25, 0.3) is 0 Å². The SMILES string of the molecule is NC1CCC(C2CCC(c3ccc(C(F)(F)F)cc3)CC2)CC1. The Morgan fingerprint density at radius 2 is 1.22 bits per heavy atom. The second-order valence-corrected chi connectivity index (χ2v) is 7.41. The number of hydrogen-bond donors (Lipinski definition) is 1. The molecule has 23 heavy (non-hydrogen) atoms. The van der Waals surface area contributed by atoms with Crippen molar-refractivity contribution < 1.29 is 13.2 Å². The topological polar surface area (TPSA) is 26.0 Å². The molecule has 4 heteroatoms. The van der Waals surface area contributed by atoms with Gasteiger partial charge in [-0.05, 0) is 86.8 Å². The standard InChI is InChI=1S/C19H26F3N/c20-19(21,22)17-9-5-15(6-10-17)13-1-3-14(4-2-13)16-7-11-18(23)12-8-16/h5-6,9-10,13-14,16,18H,1-4,7-8,11-12,23H2. The smallest absolute Gasteiger partial charge is 0.328 e. The lowest BCUT2D eigenvalue weighted by atomic mass is 9.69. The van der Waals surface area contributed by atoms with Crippen LogP contribution in [0.2, 0.25) is 0 Å². The molecule has 128 valence electrons. The first kappa shape index (κ1) is 16.8. The maximum Gasteiger partial charge on any atom is 0.416 e. The van der Waals surface area contributed by atoms with Crippen LogP contribution in [0.1, 0.15) is 68.4 Å². The van der Waals surface area contributed by atoms with Gasteiger partial charge in [0.15, 0.2) is 0 Å². The van der Waals surface area contributed by atoms with E-state index in [0.717, 1.165) is 43.1 Å². The Kier molecular flexibility index (Phi) is 5.00. The van der Waals surface area contributed by atoms with Crippen LogP contribution >= 0.6 is 0 Å². The molecule has 1 aromatic rings. The van der Waals surface area contributed by atoms with Crippen molar-refractivity contribution in [1.82, 2.24) is 0 Å². The van der Waals surface area contributed by atoms with Crippen molar-refractivity contribution in [2.45, 2.75) is 69.5 Å². The summed E-state index contributed by atoms with van der Waals surface area (Å²) in [5.41, 5.74) is 6.51. The van der Waals surface area contributed by atoms with Gasteiger partial charge in [0.25, 0.3) is 0 Å². The molecule has 3 rings (SSSR count). The maximum atomic E-state index is 12.6. The van der Waals surface area contributed by atoms with Gasteiger partial charge in [0.2, 0.25) is 0 Å². The van der Waals surface area contributed by atoms with Crippen molar-refractivity contribution in [3.63, 3.8) is 0 Å². The van der Waals surface area contributed by atoms with E-state index in [9.17, 15) is 13.2 Å². The second kappa shape index (κ2) is 6.84. The molecule has 2 saturated carbocycles. The Morgan fingerprint density at radius 3 is 1.70 bits per heavy atom. The number of alkyl halides is 3. The number of nitrogens with two attached hydrogens (primary N) is 1. The van der Waals surface area contributed by atoms with Gasteiger partial charge in [-0.2, -0.15) is 13.2 Å². The Labute approximate surface area is 136 Å². The molecule has 1 nitrogen and oxygen atoms in total. The van der Waals surface area contributed by atoms with Gasteiger partial charge < -0.3 is 5.73 Å². The molecule has 0 aromatic heterocycles. The van der Waals surface area contributed by atoms with Gasteiger partial charge in [-0.15, -0.1) is 0 Å². The first-order valence-corrected chi connectivity index (χ1v) is 8.86. The molecular formula is C19H26F3N. The monoisotopic (exact) mass is 325 g/mol. The molecule has 0 amide bonds. The van der Waals surface area contributed by atoms with E-state index >= 15 is 0 Å². The fourth-order valence-electron chi connectivity index (χ4n) is 4.48. The fourth-order valence-corrected chi connectivity index (χ4v) is 4.48. The summed E-state index contributed by atoms with van der Waals surface area (Å²) >= 11 is 0. The van der Waals surface area contributed by atoms with Crippen molar-refractivity contribution in [1.29, 1.82) is 0 Å². The zero-order valence-corrected chi connectivity index (χ0v) is 13.5. The van der Waals surface area contributed by atoms with E-state index in [1.54, 1.807) is 12.1 Å². The second-order valence-electron chi connectivity index (χ2n) is 7.41. The Balaban J connectivity index is 1.54. The number of rotatable bonds is 2. The molecule has 0 unspecified atom stereocenters. The molecule has 0 heterocycles. The summed E-state index contributed by atoms with van der Waals surface area (Å²) in [5, 5.41) is 0. The summed E-state index contributed by atoms with van der Waals surface area (Å²) in [4.78, 5) is 0. The van der Waals surface area contributed by atoms with Crippen LogP contribution in [-0.4, -0.2) is 6.04 Å². The van der Waals surface area contributed by atoms with Crippen LogP contribution in [0.15, 0.2) is 24.3 Å². The maximum absolute atomic E-state index is 12.6. The van der Waals surface area contributed by atoms with Crippen LogP contribution in [0.4, 0.5) is 13.2 Å². The summed E-state index contributed by atoms with van der Waals surface area (Å²) in [6.45, 7) is 0. The van der Waals surface area contributed by atoms with Crippen molar-refractivity contribution in [3.05, 3.63) is 35.4 Å². The molecule has 2 N–H and O–H groups in total. The minimum Gasteiger partial charge on any atom is -0.328 e. The lowest BCUT2D eigenvalue weighted by molar-refractivity contribution is -0.137. The largest absolute Gasteiger partial charge is 0.416 e.